The molecule has 2 aliphatic heterocycles. The highest BCUT2D eigenvalue weighted by molar-refractivity contribution is 6.01. The summed E-state index contributed by atoms with van der Waals surface area (Å²) in [5.41, 5.74) is 6.24. The van der Waals surface area contributed by atoms with Gasteiger partial charge in [0.25, 0.3) is 0 Å². The van der Waals surface area contributed by atoms with E-state index in [-0.39, 0.29) is 11.9 Å². The van der Waals surface area contributed by atoms with Crippen LogP contribution in [0, 0.1) is 6.92 Å². The summed E-state index contributed by atoms with van der Waals surface area (Å²) in [6.45, 7) is 5.81. The van der Waals surface area contributed by atoms with Crippen molar-refractivity contribution in [3.63, 3.8) is 0 Å². The van der Waals surface area contributed by atoms with Crippen molar-refractivity contribution in [3.05, 3.63) is 83.6 Å². The van der Waals surface area contributed by atoms with E-state index in [1.165, 1.54) is 22.3 Å². The van der Waals surface area contributed by atoms with E-state index in [2.05, 4.69) is 54.3 Å². The molecule has 138 valence electrons. The number of para-hydroxylation sites is 1. The molecule has 0 aliphatic carbocycles. The highest BCUT2D eigenvalue weighted by Crippen LogP contribution is 2.32. The van der Waals surface area contributed by atoms with Crippen LogP contribution in [0.4, 0.5) is 5.69 Å². The average Bonchev–Trinajstić information content (AvgIpc) is 2.71. The Bertz CT molecular complexity index is 895. The number of hydrogen-bond acceptors (Lipinski definition) is 2. The Morgan fingerprint density at radius 1 is 1.07 bits per heavy atom. The second-order valence-electron chi connectivity index (χ2n) is 7.38. The molecule has 27 heavy (non-hydrogen) atoms. The summed E-state index contributed by atoms with van der Waals surface area (Å²) in [6.07, 6.45) is 7.89. The fourth-order valence-corrected chi connectivity index (χ4v) is 4.08. The third-order valence-electron chi connectivity index (χ3n) is 5.59. The first-order valence-electron chi connectivity index (χ1n) is 9.71. The standard InChI is InChI=1S/C24H26N2O/c1-3-14-26-22-7-5-4-6-21(22)17-23(24(26)27)25-15-12-20(13-16-25)19-10-8-18(2)9-11-19/h3-12,14,23H,13,15-17H2,1-2H3. The lowest BCUT2D eigenvalue weighted by Gasteiger charge is -2.39. The second-order valence-corrected chi connectivity index (χ2v) is 7.38. The molecule has 1 unspecified atom stereocenters. The third kappa shape index (κ3) is 3.47. The molecule has 2 aromatic rings. The van der Waals surface area contributed by atoms with Gasteiger partial charge in [0.15, 0.2) is 0 Å². The van der Waals surface area contributed by atoms with Gasteiger partial charge in [0, 0.05) is 19.3 Å². The molecule has 2 aromatic carbocycles. The fourth-order valence-electron chi connectivity index (χ4n) is 4.08. The molecule has 0 saturated carbocycles. The Morgan fingerprint density at radius 3 is 2.56 bits per heavy atom. The van der Waals surface area contributed by atoms with Gasteiger partial charge in [-0.25, -0.2) is 0 Å². The minimum atomic E-state index is -0.0908. The van der Waals surface area contributed by atoms with E-state index >= 15 is 0 Å². The number of allylic oxidation sites excluding steroid dienone is 1. The molecule has 3 nitrogen and oxygen atoms in total. The number of hydrogen-bond donors (Lipinski definition) is 0. The number of fused-ring (bicyclic) bond motifs is 1. The van der Waals surface area contributed by atoms with E-state index in [1.54, 1.807) is 0 Å². The van der Waals surface area contributed by atoms with Gasteiger partial charge >= 0.3 is 0 Å². The number of aryl methyl sites for hydroxylation is 1. The molecule has 1 atom stereocenters. The van der Waals surface area contributed by atoms with Gasteiger partial charge < -0.3 is 0 Å². The number of rotatable bonds is 3. The monoisotopic (exact) mass is 358 g/mol. The van der Waals surface area contributed by atoms with Crippen molar-refractivity contribution in [2.75, 3.05) is 18.0 Å². The molecule has 0 fully saturated rings. The average molecular weight is 358 g/mol. The van der Waals surface area contributed by atoms with Crippen LogP contribution in [-0.4, -0.2) is 29.9 Å². The van der Waals surface area contributed by atoms with Gasteiger partial charge in [0.2, 0.25) is 5.91 Å². The first kappa shape index (κ1) is 17.7. The Hall–Kier alpha value is -2.65. The van der Waals surface area contributed by atoms with Crippen LogP contribution < -0.4 is 4.90 Å². The topological polar surface area (TPSA) is 23.6 Å². The first-order chi connectivity index (χ1) is 13.2. The maximum atomic E-state index is 13.2. The van der Waals surface area contributed by atoms with Crippen LogP contribution in [0.5, 0.6) is 0 Å². The zero-order chi connectivity index (χ0) is 18.8. The van der Waals surface area contributed by atoms with Crippen LogP contribution in [-0.2, 0) is 11.2 Å². The molecule has 0 N–H and O–H groups in total. The molecule has 1 amide bonds. The predicted octanol–water partition coefficient (Wildman–Crippen LogP) is 4.58. The highest BCUT2D eigenvalue weighted by Gasteiger charge is 2.35. The molecular formula is C24H26N2O. The molecule has 0 spiro atoms. The normalized spacial score (nSPS) is 20.7. The number of carbonyl (C=O) groups is 1. The summed E-state index contributed by atoms with van der Waals surface area (Å²) in [4.78, 5) is 17.3. The van der Waals surface area contributed by atoms with E-state index < -0.39 is 0 Å². The van der Waals surface area contributed by atoms with Crippen molar-refractivity contribution in [3.8, 4) is 0 Å². The first-order valence-corrected chi connectivity index (χ1v) is 9.71. The van der Waals surface area contributed by atoms with E-state index in [0.29, 0.717) is 0 Å². The predicted molar refractivity (Wildman–Crippen MR) is 112 cm³/mol. The van der Waals surface area contributed by atoms with Crippen LogP contribution in [0.2, 0.25) is 0 Å². The highest BCUT2D eigenvalue weighted by atomic mass is 16.2. The molecule has 0 bridgehead atoms. The Morgan fingerprint density at radius 2 is 1.85 bits per heavy atom. The smallest absolute Gasteiger partial charge is 0.248 e. The van der Waals surface area contributed by atoms with Gasteiger partial charge in [-0.3, -0.25) is 14.6 Å². The van der Waals surface area contributed by atoms with Crippen LogP contribution >= 0.6 is 0 Å². The van der Waals surface area contributed by atoms with Crippen molar-refractivity contribution >= 4 is 17.2 Å². The van der Waals surface area contributed by atoms with E-state index in [1.807, 2.05) is 36.2 Å². The molecule has 2 heterocycles. The van der Waals surface area contributed by atoms with E-state index in [0.717, 1.165) is 31.6 Å². The van der Waals surface area contributed by atoms with Crippen molar-refractivity contribution in [1.82, 2.24) is 4.90 Å². The van der Waals surface area contributed by atoms with Crippen molar-refractivity contribution in [2.24, 2.45) is 0 Å². The summed E-state index contributed by atoms with van der Waals surface area (Å²) < 4.78 is 0. The van der Waals surface area contributed by atoms with E-state index in [9.17, 15) is 4.79 Å². The zero-order valence-corrected chi connectivity index (χ0v) is 16.1. The largest absolute Gasteiger partial charge is 0.288 e. The van der Waals surface area contributed by atoms with Crippen molar-refractivity contribution in [2.45, 2.75) is 32.7 Å². The molecule has 4 rings (SSSR count). The van der Waals surface area contributed by atoms with Crippen LogP contribution in [0.3, 0.4) is 0 Å². The Labute approximate surface area is 161 Å². The fraction of sp³-hybridized carbons (Fsp3) is 0.292. The zero-order valence-electron chi connectivity index (χ0n) is 16.1. The quantitative estimate of drug-likeness (QED) is 0.802. The number of nitrogens with zero attached hydrogens (tertiary/aromatic N) is 2. The maximum absolute atomic E-state index is 13.2. The summed E-state index contributed by atoms with van der Waals surface area (Å²) in [5, 5.41) is 0. The van der Waals surface area contributed by atoms with Gasteiger partial charge in [0.1, 0.15) is 0 Å². The Balaban J connectivity index is 1.56. The van der Waals surface area contributed by atoms with Crippen molar-refractivity contribution in [1.29, 1.82) is 0 Å². The summed E-state index contributed by atoms with van der Waals surface area (Å²) in [7, 11) is 0. The summed E-state index contributed by atoms with van der Waals surface area (Å²) in [5.74, 6) is 0.180. The Kier molecular flexibility index (Phi) is 4.95. The van der Waals surface area contributed by atoms with Gasteiger partial charge in [0.05, 0.1) is 11.7 Å². The number of amides is 1. The third-order valence-corrected chi connectivity index (χ3v) is 5.59. The molecule has 2 aliphatic rings. The SMILES string of the molecule is CC=CN1C(=O)C(N2CC=C(c3ccc(C)cc3)CC2)Cc2ccccc21. The molecule has 0 radical (unpaired) electrons. The molecular weight excluding hydrogens is 332 g/mol. The van der Waals surface area contributed by atoms with E-state index in [4.69, 9.17) is 0 Å². The molecule has 0 saturated heterocycles. The minimum absolute atomic E-state index is 0.0908. The van der Waals surface area contributed by atoms with Gasteiger partial charge in [-0.2, -0.15) is 0 Å². The summed E-state index contributed by atoms with van der Waals surface area (Å²) >= 11 is 0. The second kappa shape index (κ2) is 7.53. The minimum Gasteiger partial charge on any atom is -0.288 e. The van der Waals surface area contributed by atoms with Crippen LogP contribution in [0.25, 0.3) is 5.57 Å². The van der Waals surface area contributed by atoms with Crippen molar-refractivity contribution < 1.29 is 4.79 Å². The van der Waals surface area contributed by atoms with Gasteiger partial charge in [-0.1, -0.05) is 60.2 Å². The lowest BCUT2D eigenvalue weighted by atomic mass is 9.93. The van der Waals surface area contributed by atoms with Crippen LogP contribution in [0.15, 0.2) is 66.9 Å². The van der Waals surface area contributed by atoms with Gasteiger partial charge in [-0.05, 0) is 49.5 Å². The number of carbonyl (C=O) groups excluding carboxylic acids is 1. The number of anilines is 1. The number of benzene rings is 2. The lowest BCUT2D eigenvalue weighted by Crippen LogP contribution is -2.52. The van der Waals surface area contributed by atoms with Crippen LogP contribution in [0.1, 0.15) is 30.0 Å². The molecule has 3 heteroatoms. The molecule has 0 aromatic heterocycles. The maximum Gasteiger partial charge on any atom is 0.248 e. The lowest BCUT2D eigenvalue weighted by molar-refractivity contribution is -0.123. The summed E-state index contributed by atoms with van der Waals surface area (Å²) in [6, 6.07) is 16.9. The van der Waals surface area contributed by atoms with Gasteiger partial charge in [-0.15, -0.1) is 0 Å².